The van der Waals surface area contributed by atoms with Crippen LogP contribution in [0.3, 0.4) is 0 Å². The van der Waals surface area contributed by atoms with E-state index in [-0.39, 0.29) is 0 Å². The van der Waals surface area contributed by atoms with Gasteiger partial charge in [0.15, 0.2) is 0 Å². The van der Waals surface area contributed by atoms with Gasteiger partial charge in [-0.3, -0.25) is 4.98 Å². The summed E-state index contributed by atoms with van der Waals surface area (Å²) in [4.78, 5) is 4.17. The summed E-state index contributed by atoms with van der Waals surface area (Å²) in [5, 5.41) is 0. The normalized spacial score (nSPS) is 9.44. The minimum absolute atomic E-state index is 1.10. The highest BCUT2D eigenvalue weighted by molar-refractivity contribution is 5.02. The minimum Gasteiger partial charge on any atom is -0.261 e. The third kappa shape index (κ3) is 1.84. The molecule has 9 heavy (non-hydrogen) atoms. The first kappa shape index (κ1) is 6.27. The highest BCUT2D eigenvalue weighted by Gasteiger charge is 1.86. The Morgan fingerprint density at radius 1 is 1.44 bits per heavy atom. The number of hydrogen-bond donors (Lipinski definition) is 0. The fourth-order valence-corrected chi connectivity index (χ4v) is 0.802. The van der Waals surface area contributed by atoms with Crippen LogP contribution in [-0.2, 0) is 6.42 Å². The first-order valence-electron chi connectivity index (χ1n) is 3.33. The van der Waals surface area contributed by atoms with Gasteiger partial charge >= 0.3 is 0 Å². The zero-order valence-corrected chi connectivity index (χ0v) is 5.67. The van der Waals surface area contributed by atoms with E-state index in [0.717, 1.165) is 6.42 Å². The number of hydrogen-bond acceptors (Lipinski definition) is 1. The molecular formula is C8H11N. The van der Waals surface area contributed by atoms with Crippen molar-refractivity contribution in [2.45, 2.75) is 19.8 Å². The molecule has 0 unspecified atom stereocenters. The van der Waals surface area contributed by atoms with Crippen LogP contribution in [0.15, 0.2) is 24.4 Å². The van der Waals surface area contributed by atoms with Crippen LogP contribution in [-0.4, -0.2) is 4.98 Å². The van der Waals surface area contributed by atoms with Crippen molar-refractivity contribution >= 4 is 0 Å². The molecule has 0 bridgehead atoms. The second-order valence-electron chi connectivity index (χ2n) is 2.07. The summed E-state index contributed by atoms with van der Waals surface area (Å²) in [6.45, 7) is 2.16. The van der Waals surface area contributed by atoms with Crippen LogP contribution < -0.4 is 0 Å². The van der Waals surface area contributed by atoms with Crippen molar-refractivity contribution in [3.63, 3.8) is 0 Å². The third-order valence-corrected chi connectivity index (χ3v) is 1.23. The topological polar surface area (TPSA) is 12.9 Å². The smallest absolute Gasteiger partial charge is 0.0403 e. The van der Waals surface area contributed by atoms with Gasteiger partial charge in [-0.25, -0.2) is 0 Å². The molecule has 0 amide bonds. The van der Waals surface area contributed by atoms with Crippen molar-refractivity contribution in [3.8, 4) is 0 Å². The Hall–Kier alpha value is -0.850. The monoisotopic (exact) mass is 121 g/mol. The van der Waals surface area contributed by atoms with Crippen LogP contribution in [0.4, 0.5) is 0 Å². The van der Waals surface area contributed by atoms with Gasteiger partial charge in [-0.15, -0.1) is 0 Å². The Kier molecular flexibility index (Phi) is 2.25. The molecule has 0 saturated carbocycles. The summed E-state index contributed by atoms with van der Waals surface area (Å²) in [6.07, 6.45) is 4.11. The maximum absolute atomic E-state index is 4.17. The van der Waals surface area contributed by atoms with E-state index in [2.05, 4.69) is 18.0 Å². The van der Waals surface area contributed by atoms with E-state index in [1.165, 1.54) is 12.1 Å². The van der Waals surface area contributed by atoms with Gasteiger partial charge in [-0.2, -0.15) is 0 Å². The largest absolute Gasteiger partial charge is 0.261 e. The Labute approximate surface area is 55.7 Å². The van der Waals surface area contributed by atoms with Crippen LogP contribution in [0.2, 0.25) is 0 Å². The zero-order chi connectivity index (χ0) is 6.53. The van der Waals surface area contributed by atoms with Crippen LogP contribution >= 0.6 is 0 Å². The minimum atomic E-state index is 1.10. The molecule has 0 radical (unpaired) electrons. The highest BCUT2D eigenvalue weighted by atomic mass is 14.7. The molecule has 0 aliphatic heterocycles. The SMILES string of the molecule is CCCc1ccccn1. The van der Waals surface area contributed by atoms with Gasteiger partial charge in [0.05, 0.1) is 0 Å². The fourth-order valence-electron chi connectivity index (χ4n) is 0.802. The molecule has 1 aromatic rings. The second-order valence-corrected chi connectivity index (χ2v) is 2.07. The average Bonchev–Trinajstić information content (AvgIpc) is 1.91. The van der Waals surface area contributed by atoms with Gasteiger partial charge in [-0.05, 0) is 18.6 Å². The van der Waals surface area contributed by atoms with Gasteiger partial charge in [0.2, 0.25) is 0 Å². The van der Waals surface area contributed by atoms with E-state index in [0.29, 0.717) is 0 Å². The molecule has 0 atom stereocenters. The molecule has 1 rings (SSSR count). The third-order valence-electron chi connectivity index (χ3n) is 1.23. The van der Waals surface area contributed by atoms with Gasteiger partial charge in [0.1, 0.15) is 0 Å². The van der Waals surface area contributed by atoms with E-state index in [1.807, 2.05) is 18.3 Å². The summed E-state index contributed by atoms with van der Waals surface area (Å²) >= 11 is 0. The fraction of sp³-hybridized carbons (Fsp3) is 0.375. The molecule has 0 spiro atoms. The molecular weight excluding hydrogens is 110 g/mol. The van der Waals surface area contributed by atoms with Gasteiger partial charge in [-0.1, -0.05) is 19.4 Å². The molecule has 0 aliphatic rings. The molecule has 1 nitrogen and oxygen atoms in total. The number of rotatable bonds is 2. The molecule has 0 aliphatic carbocycles. The van der Waals surface area contributed by atoms with Crippen molar-refractivity contribution in [1.29, 1.82) is 0 Å². The summed E-state index contributed by atoms with van der Waals surface area (Å²) in [7, 11) is 0. The van der Waals surface area contributed by atoms with Crippen LogP contribution in [0.5, 0.6) is 0 Å². The van der Waals surface area contributed by atoms with Crippen molar-refractivity contribution in [2.24, 2.45) is 0 Å². The lowest BCUT2D eigenvalue weighted by Crippen LogP contribution is -1.84. The number of aromatic nitrogens is 1. The predicted molar refractivity (Wildman–Crippen MR) is 38.2 cm³/mol. The summed E-state index contributed by atoms with van der Waals surface area (Å²) in [5.41, 5.74) is 1.19. The summed E-state index contributed by atoms with van der Waals surface area (Å²) in [5.74, 6) is 0. The predicted octanol–water partition coefficient (Wildman–Crippen LogP) is 2.03. The Morgan fingerprint density at radius 3 is 2.89 bits per heavy atom. The zero-order valence-electron chi connectivity index (χ0n) is 5.67. The molecule has 1 heterocycles. The van der Waals surface area contributed by atoms with E-state index in [1.54, 1.807) is 0 Å². The maximum Gasteiger partial charge on any atom is 0.0403 e. The average molecular weight is 121 g/mol. The Bertz CT molecular complexity index is 157. The van der Waals surface area contributed by atoms with E-state index in [9.17, 15) is 0 Å². The number of nitrogens with zero attached hydrogens (tertiary/aromatic N) is 1. The van der Waals surface area contributed by atoms with Crippen LogP contribution in [0.1, 0.15) is 19.0 Å². The Balaban J connectivity index is 2.61. The van der Waals surface area contributed by atoms with Crippen LogP contribution in [0.25, 0.3) is 0 Å². The van der Waals surface area contributed by atoms with Gasteiger partial charge < -0.3 is 0 Å². The highest BCUT2D eigenvalue weighted by Crippen LogP contribution is 1.95. The molecule has 0 aromatic carbocycles. The van der Waals surface area contributed by atoms with Crippen molar-refractivity contribution in [3.05, 3.63) is 30.1 Å². The van der Waals surface area contributed by atoms with E-state index < -0.39 is 0 Å². The number of aryl methyl sites for hydroxylation is 1. The van der Waals surface area contributed by atoms with Crippen molar-refractivity contribution in [1.82, 2.24) is 4.98 Å². The first-order chi connectivity index (χ1) is 4.43. The Morgan fingerprint density at radius 2 is 2.33 bits per heavy atom. The van der Waals surface area contributed by atoms with E-state index in [4.69, 9.17) is 0 Å². The molecule has 0 fully saturated rings. The molecule has 1 heteroatoms. The standard InChI is InChI=1S/C8H11N/c1-2-5-8-6-3-4-7-9-8/h3-4,6-7H,2,5H2,1H3. The van der Waals surface area contributed by atoms with E-state index >= 15 is 0 Å². The first-order valence-corrected chi connectivity index (χ1v) is 3.33. The van der Waals surface area contributed by atoms with Crippen molar-refractivity contribution < 1.29 is 0 Å². The molecule has 1 aromatic heterocycles. The van der Waals surface area contributed by atoms with Gasteiger partial charge in [0.25, 0.3) is 0 Å². The molecule has 0 saturated heterocycles. The van der Waals surface area contributed by atoms with Crippen molar-refractivity contribution in [2.75, 3.05) is 0 Å². The lowest BCUT2D eigenvalue weighted by Gasteiger charge is -1.92. The maximum atomic E-state index is 4.17. The second kappa shape index (κ2) is 3.23. The molecule has 0 N–H and O–H groups in total. The quantitative estimate of drug-likeness (QED) is 0.583. The lowest BCUT2D eigenvalue weighted by atomic mass is 10.2. The summed E-state index contributed by atoms with van der Waals surface area (Å²) in [6, 6.07) is 6.03. The van der Waals surface area contributed by atoms with Gasteiger partial charge in [0, 0.05) is 11.9 Å². The number of pyridine rings is 1. The van der Waals surface area contributed by atoms with Crippen LogP contribution in [0, 0.1) is 0 Å². The molecule has 48 valence electrons. The lowest BCUT2D eigenvalue weighted by molar-refractivity contribution is 0.883. The summed E-state index contributed by atoms with van der Waals surface area (Å²) < 4.78 is 0.